The molecule has 1 aromatic carbocycles. The number of benzene rings is 1. The van der Waals surface area contributed by atoms with E-state index in [4.69, 9.17) is 4.74 Å². The summed E-state index contributed by atoms with van der Waals surface area (Å²) in [7, 11) is 0. The smallest absolute Gasteiger partial charge is 0.329 e. The van der Waals surface area contributed by atoms with Crippen LogP contribution in [0.25, 0.3) is 0 Å². The Bertz CT molecular complexity index is 700. The minimum atomic E-state index is -1.05. The molecule has 0 spiro atoms. The molecule has 0 saturated heterocycles. The summed E-state index contributed by atoms with van der Waals surface area (Å²) in [6.07, 6.45) is 2.13. The Labute approximate surface area is 162 Å². The highest BCUT2D eigenvalue weighted by Gasteiger charge is 2.43. The van der Waals surface area contributed by atoms with Gasteiger partial charge in [-0.2, -0.15) is 11.8 Å². The van der Waals surface area contributed by atoms with Crippen LogP contribution in [0.1, 0.15) is 41.0 Å². The SMILES string of the molecule is CSCC[C@H](C(=O)OCC(=O)NCC(C)C)N1C(=O)c2ccccc2C1=O. The fourth-order valence-electron chi connectivity index (χ4n) is 2.67. The summed E-state index contributed by atoms with van der Waals surface area (Å²) < 4.78 is 5.10. The molecule has 1 aliphatic rings. The van der Waals surface area contributed by atoms with Gasteiger partial charge in [0.2, 0.25) is 0 Å². The van der Waals surface area contributed by atoms with Crippen molar-refractivity contribution in [1.29, 1.82) is 0 Å². The molecule has 0 saturated carbocycles. The van der Waals surface area contributed by atoms with Crippen molar-refractivity contribution < 1.29 is 23.9 Å². The second-order valence-electron chi connectivity index (χ2n) is 6.63. The van der Waals surface area contributed by atoms with Gasteiger partial charge in [0.1, 0.15) is 6.04 Å². The van der Waals surface area contributed by atoms with Gasteiger partial charge < -0.3 is 10.1 Å². The van der Waals surface area contributed by atoms with Gasteiger partial charge in [0.05, 0.1) is 11.1 Å². The molecule has 0 unspecified atom stereocenters. The number of hydrogen-bond donors (Lipinski definition) is 1. The first-order valence-electron chi connectivity index (χ1n) is 8.76. The molecule has 8 heteroatoms. The monoisotopic (exact) mass is 392 g/mol. The maximum Gasteiger partial charge on any atom is 0.329 e. The highest BCUT2D eigenvalue weighted by Crippen LogP contribution is 2.26. The number of hydrogen-bond acceptors (Lipinski definition) is 6. The number of carbonyl (C=O) groups is 4. The predicted octanol–water partition coefficient (Wildman–Crippen LogP) is 1.72. The van der Waals surface area contributed by atoms with Crippen molar-refractivity contribution in [3.63, 3.8) is 0 Å². The van der Waals surface area contributed by atoms with Crippen LogP contribution in [0, 0.1) is 5.92 Å². The van der Waals surface area contributed by atoms with E-state index in [2.05, 4.69) is 5.32 Å². The van der Waals surface area contributed by atoms with Gasteiger partial charge in [-0.25, -0.2) is 4.79 Å². The molecule has 3 amide bonds. The predicted molar refractivity (Wildman–Crippen MR) is 103 cm³/mol. The molecule has 0 aromatic heterocycles. The molecule has 2 rings (SSSR count). The Morgan fingerprint density at radius 2 is 1.74 bits per heavy atom. The number of amides is 3. The summed E-state index contributed by atoms with van der Waals surface area (Å²) in [4.78, 5) is 50.6. The molecular formula is C19H24N2O5S. The largest absolute Gasteiger partial charge is 0.454 e. The van der Waals surface area contributed by atoms with E-state index in [1.807, 2.05) is 20.1 Å². The number of rotatable bonds is 9. The van der Waals surface area contributed by atoms with E-state index in [-0.39, 0.29) is 23.5 Å². The maximum atomic E-state index is 12.6. The van der Waals surface area contributed by atoms with E-state index in [9.17, 15) is 19.2 Å². The molecule has 0 fully saturated rings. The van der Waals surface area contributed by atoms with E-state index in [0.717, 1.165) is 4.90 Å². The van der Waals surface area contributed by atoms with Crippen molar-refractivity contribution in [1.82, 2.24) is 10.2 Å². The van der Waals surface area contributed by atoms with Crippen LogP contribution in [0.4, 0.5) is 0 Å². The van der Waals surface area contributed by atoms with E-state index < -0.39 is 36.3 Å². The number of nitrogens with zero attached hydrogens (tertiary/aromatic N) is 1. The van der Waals surface area contributed by atoms with Crippen molar-refractivity contribution >= 4 is 35.5 Å². The van der Waals surface area contributed by atoms with Crippen molar-refractivity contribution in [3.05, 3.63) is 35.4 Å². The van der Waals surface area contributed by atoms with Crippen molar-refractivity contribution in [2.45, 2.75) is 26.3 Å². The van der Waals surface area contributed by atoms with Crippen LogP contribution in [0.3, 0.4) is 0 Å². The summed E-state index contributed by atoms with van der Waals surface area (Å²) >= 11 is 1.49. The highest BCUT2D eigenvalue weighted by atomic mass is 32.2. The van der Waals surface area contributed by atoms with Crippen LogP contribution >= 0.6 is 11.8 Å². The summed E-state index contributed by atoms with van der Waals surface area (Å²) in [6.45, 7) is 3.94. The summed E-state index contributed by atoms with van der Waals surface area (Å²) in [5.41, 5.74) is 0.554. The van der Waals surface area contributed by atoms with Gasteiger partial charge in [0.25, 0.3) is 17.7 Å². The Morgan fingerprint density at radius 3 is 2.26 bits per heavy atom. The average molecular weight is 392 g/mol. The Balaban J connectivity index is 2.09. The van der Waals surface area contributed by atoms with Gasteiger partial charge in [0.15, 0.2) is 6.61 Å². The number of nitrogens with one attached hydrogen (secondary N) is 1. The zero-order valence-corrected chi connectivity index (χ0v) is 16.5. The summed E-state index contributed by atoms with van der Waals surface area (Å²) in [5, 5.41) is 2.65. The van der Waals surface area contributed by atoms with Gasteiger partial charge in [0, 0.05) is 6.54 Å². The van der Waals surface area contributed by atoms with Gasteiger partial charge in [-0.15, -0.1) is 0 Å². The molecule has 1 aliphatic heterocycles. The first-order valence-corrected chi connectivity index (χ1v) is 10.1. The number of thioether (sulfide) groups is 1. The normalized spacial score (nSPS) is 14.3. The lowest BCUT2D eigenvalue weighted by Crippen LogP contribution is -2.46. The van der Waals surface area contributed by atoms with Crippen molar-refractivity contribution in [3.8, 4) is 0 Å². The third kappa shape index (κ3) is 5.09. The minimum Gasteiger partial charge on any atom is -0.454 e. The van der Waals surface area contributed by atoms with E-state index in [0.29, 0.717) is 12.3 Å². The number of esters is 1. The third-order valence-corrected chi connectivity index (χ3v) is 4.70. The van der Waals surface area contributed by atoms with Gasteiger partial charge in [-0.05, 0) is 36.5 Å². The number of ether oxygens (including phenoxy) is 1. The zero-order valence-electron chi connectivity index (χ0n) is 15.7. The lowest BCUT2D eigenvalue weighted by molar-refractivity contribution is -0.152. The fraction of sp³-hybridized carbons (Fsp3) is 0.474. The number of fused-ring (bicyclic) bond motifs is 1. The topological polar surface area (TPSA) is 92.8 Å². The van der Waals surface area contributed by atoms with Gasteiger partial charge in [-0.1, -0.05) is 26.0 Å². The zero-order chi connectivity index (χ0) is 20.0. The molecule has 1 atom stereocenters. The summed E-state index contributed by atoms with van der Waals surface area (Å²) in [5.74, 6) is -1.35. The highest BCUT2D eigenvalue weighted by molar-refractivity contribution is 7.98. The molecular weight excluding hydrogens is 368 g/mol. The van der Waals surface area contributed by atoms with Crippen molar-refractivity contribution in [2.24, 2.45) is 5.92 Å². The first kappa shape index (κ1) is 21.0. The average Bonchev–Trinajstić information content (AvgIpc) is 2.90. The lowest BCUT2D eigenvalue weighted by atomic mass is 10.1. The van der Waals surface area contributed by atoms with Crippen LogP contribution in [-0.4, -0.2) is 59.8 Å². The molecule has 0 aliphatic carbocycles. The molecule has 27 heavy (non-hydrogen) atoms. The Morgan fingerprint density at radius 1 is 1.15 bits per heavy atom. The van der Waals surface area contributed by atoms with Crippen molar-refractivity contribution in [2.75, 3.05) is 25.2 Å². The second-order valence-corrected chi connectivity index (χ2v) is 7.61. The van der Waals surface area contributed by atoms with Crippen LogP contribution in [0.15, 0.2) is 24.3 Å². The van der Waals surface area contributed by atoms with E-state index in [1.165, 1.54) is 11.8 Å². The standard InChI is InChI=1S/C19H24N2O5S/c1-12(2)10-20-16(22)11-26-19(25)15(8-9-27-3)21-17(23)13-6-4-5-7-14(13)18(21)24/h4-7,12,15H,8-11H2,1-3H3,(H,20,22)/t15-/m1/s1. The van der Waals surface area contributed by atoms with Crippen LogP contribution in [0.5, 0.6) is 0 Å². The van der Waals surface area contributed by atoms with Gasteiger partial charge in [-0.3, -0.25) is 19.3 Å². The molecule has 0 bridgehead atoms. The van der Waals surface area contributed by atoms with Crippen LogP contribution in [0.2, 0.25) is 0 Å². The number of imide groups is 1. The maximum absolute atomic E-state index is 12.6. The number of carbonyl (C=O) groups excluding carboxylic acids is 4. The molecule has 146 valence electrons. The summed E-state index contributed by atoms with van der Waals surface area (Å²) in [6, 6.07) is 5.41. The molecule has 1 aromatic rings. The Kier molecular flexibility index (Phi) is 7.41. The quantitative estimate of drug-likeness (QED) is 0.508. The van der Waals surface area contributed by atoms with E-state index >= 15 is 0 Å². The van der Waals surface area contributed by atoms with E-state index in [1.54, 1.807) is 24.3 Å². The molecule has 1 heterocycles. The lowest BCUT2D eigenvalue weighted by Gasteiger charge is -2.24. The minimum absolute atomic E-state index is 0.263. The second kappa shape index (κ2) is 9.55. The molecule has 0 radical (unpaired) electrons. The molecule has 1 N–H and O–H groups in total. The van der Waals surface area contributed by atoms with Crippen LogP contribution in [-0.2, 0) is 14.3 Å². The fourth-order valence-corrected chi connectivity index (χ4v) is 3.13. The van der Waals surface area contributed by atoms with Crippen LogP contribution < -0.4 is 5.32 Å². The third-order valence-electron chi connectivity index (χ3n) is 4.06. The van der Waals surface area contributed by atoms with Gasteiger partial charge >= 0.3 is 5.97 Å². The first-order chi connectivity index (χ1) is 12.9. The Hall–Kier alpha value is -2.35. The molecule has 7 nitrogen and oxygen atoms in total.